The van der Waals surface area contributed by atoms with Gasteiger partial charge >= 0.3 is 6.09 Å². The van der Waals surface area contributed by atoms with Gasteiger partial charge in [-0.15, -0.1) is 0 Å². The number of nitrogens with zero attached hydrogens (tertiary/aromatic N) is 2. The van der Waals surface area contributed by atoms with Gasteiger partial charge in [-0.05, 0) is 60.8 Å². The molecule has 0 aliphatic carbocycles. The van der Waals surface area contributed by atoms with Gasteiger partial charge in [-0.25, -0.2) is 9.78 Å². The van der Waals surface area contributed by atoms with E-state index < -0.39 is 5.60 Å². The number of halogens is 1. The lowest BCUT2D eigenvalue weighted by Crippen LogP contribution is -2.40. The number of ether oxygens (including phenoxy) is 1. The lowest BCUT2D eigenvalue weighted by Gasteiger charge is -2.22. The SMILES string of the molecule is CC(C)(C)OC(=O)N[C@@H]1CCN(Cc2ccnc(Br)c2)C1. The number of rotatable bonds is 3. The van der Waals surface area contributed by atoms with Gasteiger partial charge in [-0.2, -0.15) is 0 Å². The fourth-order valence-electron chi connectivity index (χ4n) is 2.37. The number of hydrogen-bond acceptors (Lipinski definition) is 4. The Labute approximate surface area is 134 Å². The molecule has 1 atom stereocenters. The smallest absolute Gasteiger partial charge is 0.407 e. The van der Waals surface area contributed by atoms with Gasteiger partial charge in [-0.3, -0.25) is 4.90 Å². The van der Waals surface area contributed by atoms with Crippen molar-refractivity contribution >= 4 is 22.0 Å². The van der Waals surface area contributed by atoms with E-state index >= 15 is 0 Å². The number of likely N-dealkylation sites (tertiary alicyclic amines) is 1. The third-order valence-electron chi connectivity index (χ3n) is 3.19. The summed E-state index contributed by atoms with van der Waals surface area (Å²) in [6.45, 7) is 8.30. The predicted molar refractivity (Wildman–Crippen MR) is 85.0 cm³/mol. The van der Waals surface area contributed by atoms with Crippen LogP contribution in [0.3, 0.4) is 0 Å². The molecule has 1 aromatic rings. The molecule has 0 radical (unpaired) electrons. The highest BCUT2D eigenvalue weighted by molar-refractivity contribution is 9.10. The number of amides is 1. The van der Waals surface area contributed by atoms with Crippen molar-refractivity contribution in [2.24, 2.45) is 0 Å². The molecule has 0 aromatic carbocycles. The fourth-order valence-corrected chi connectivity index (χ4v) is 2.78. The number of alkyl carbamates (subject to hydrolysis) is 1. The summed E-state index contributed by atoms with van der Waals surface area (Å²) in [4.78, 5) is 18.2. The average Bonchev–Trinajstić information content (AvgIpc) is 2.73. The first-order chi connectivity index (χ1) is 9.82. The molecule has 0 spiro atoms. The molecule has 5 nitrogen and oxygen atoms in total. The zero-order valence-corrected chi connectivity index (χ0v) is 14.3. The Kier molecular flexibility index (Phi) is 5.22. The van der Waals surface area contributed by atoms with Crippen LogP contribution in [0.15, 0.2) is 22.9 Å². The first-order valence-corrected chi connectivity index (χ1v) is 7.93. The first kappa shape index (κ1) is 16.2. The fraction of sp³-hybridized carbons (Fsp3) is 0.600. The second-order valence-electron chi connectivity index (χ2n) is 6.35. The summed E-state index contributed by atoms with van der Waals surface area (Å²) >= 11 is 3.38. The normalized spacial score (nSPS) is 19.5. The molecule has 1 aromatic heterocycles. The molecule has 1 saturated heterocycles. The van der Waals surface area contributed by atoms with Crippen LogP contribution in [0.4, 0.5) is 4.79 Å². The van der Waals surface area contributed by atoms with Gasteiger partial charge in [0.05, 0.1) is 0 Å². The number of carbonyl (C=O) groups excluding carboxylic acids is 1. The maximum Gasteiger partial charge on any atom is 0.407 e. The van der Waals surface area contributed by atoms with E-state index in [9.17, 15) is 4.79 Å². The zero-order chi connectivity index (χ0) is 15.5. The number of aromatic nitrogens is 1. The summed E-state index contributed by atoms with van der Waals surface area (Å²) in [7, 11) is 0. The molecule has 21 heavy (non-hydrogen) atoms. The van der Waals surface area contributed by atoms with Crippen LogP contribution in [-0.2, 0) is 11.3 Å². The summed E-state index contributed by atoms with van der Waals surface area (Å²) in [5, 5.41) is 2.94. The highest BCUT2D eigenvalue weighted by Crippen LogP contribution is 2.16. The Morgan fingerprint density at radius 1 is 1.57 bits per heavy atom. The van der Waals surface area contributed by atoms with Gasteiger partial charge in [0.1, 0.15) is 10.2 Å². The van der Waals surface area contributed by atoms with Crippen molar-refractivity contribution < 1.29 is 9.53 Å². The largest absolute Gasteiger partial charge is 0.444 e. The Balaban J connectivity index is 1.80. The van der Waals surface area contributed by atoms with Crippen molar-refractivity contribution in [2.45, 2.75) is 45.4 Å². The third kappa shape index (κ3) is 5.63. The second-order valence-corrected chi connectivity index (χ2v) is 7.17. The zero-order valence-electron chi connectivity index (χ0n) is 12.7. The van der Waals surface area contributed by atoms with Crippen LogP contribution in [0.2, 0.25) is 0 Å². The summed E-state index contributed by atoms with van der Waals surface area (Å²) in [5.74, 6) is 0. The Morgan fingerprint density at radius 2 is 2.33 bits per heavy atom. The maximum absolute atomic E-state index is 11.8. The van der Waals surface area contributed by atoms with Crippen LogP contribution in [-0.4, -0.2) is 40.7 Å². The molecule has 1 aliphatic rings. The molecule has 1 aliphatic heterocycles. The van der Waals surface area contributed by atoms with E-state index in [4.69, 9.17) is 4.74 Å². The Bertz CT molecular complexity index is 502. The van der Waals surface area contributed by atoms with Crippen molar-refractivity contribution in [3.63, 3.8) is 0 Å². The number of hydrogen-bond donors (Lipinski definition) is 1. The van der Waals surface area contributed by atoms with E-state index in [1.807, 2.05) is 32.9 Å². The van der Waals surface area contributed by atoms with Crippen LogP contribution in [0, 0.1) is 0 Å². The van der Waals surface area contributed by atoms with E-state index in [0.29, 0.717) is 0 Å². The predicted octanol–water partition coefficient (Wildman–Crippen LogP) is 2.94. The molecule has 0 saturated carbocycles. The van der Waals surface area contributed by atoms with Crippen LogP contribution >= 0.6 is 15.9 Å². The van der Waals surface area contributed by atoms with E-state index in [1.54, 1.807) is 6.20 Å². The summed E-state index contributed by atoms with van der Waals surface area (Å²) in [6, 6.07) is 4.19. The van der Waals surface area contributed by atoms with Crippen molar-refractivity contribution in [3.05, 3.63) is 28.5 Å². The van der Waals surface area contributed by atoms with E-state index in [1.165, 1.54) is 5.56 Å². The van der Waals surface area contributed by atoms with Crippen LogP contribution < -0.4 is 5.32 Å². The van der Waals surface area contributed by atoms with Gasteiger partial charge in [0, 0.05) is 31.9 Å². The van der Waals surface area contributed by atoms with Crippen molar-refractivity contribution in [3.8, 4) is 0 Å². The van der Waals surface area contributed by atoms with Crippen LogP contribution in [0.25, 0.3) is 0 Å². The molecule has 1 fully saturated rings. The first-order valence-electron chi connectivity index (χ1n) is 7.14. The van der Waals surface area contributed by atoms with Gasteiger partial charge in [0.2, 0.25) is 0 Å². The molecule has 1 amide bonds. The molecule has 1 N–H and O–H groups in total. The lowest BCUT2D eigenvalue weighted by atomic mass is 10.2. The van der Waals surface area contributed by atoms with E-state index in [0.717, 1.165) is 30.7 Å². The minimum absolute atomic E-state index is 0.158. The lowest BCUT2D eigenvalue weighted by molar-refractivity contribution is 0.0506. The monoisotopic (exact) mass is 355 g/mol. The average molecular weight is 356 g/mol. The quantitative estimate of drug-likeness (QED) is 0.847. The molecular formula is C15H22BrN3O2. The van der Waals surface area contributed by atoms with E-state index in [-0.39, 0.29) is 12.1 Å². The van der Waals surface area contributed by atoms with Crippen LogP contribution in [0.5, 0.6) is 0 Å². The second kappa shape index (κ2) is 6.75. The minimum atomic E-state index is -0.453. The molecule has 2 rings (SSSR count). The molecule has 0 bridgehead atoms. The molecule has 0 unspecified atom stereocenters. The van der Waals surface area contributed by atoms with Crippen molar-refractivity contribution in [2.75, 3.05) is 13.1 Å². The summed E-state index contributed by atoms with van der Waals surface area (Å²) in [5.41, 5.74) is 0.765. The van der Waals surface area contributed by atoms with Crippen LogP contribution in [0.1, 0.15) is 32.8 Å². The molecule has 6 heteroatoms. The highest BCUT2D eigenvalue weighted by atomic mass is 79.9. The maximum atomic E-state index is 11.8. The van der Waals surface area contributed by atoms with Gasteiger partial charge in [0.15, 0.2) is 0 Å². The molecular weight excluding hydrogens is 334 g/mol. The van der Waals surface area contributed by atoms with Crippen molar-refractivity contribution in [1.82, 2.24) is 15.2 Å². The van der Waals surface area contributed by atoms with Crippen molar-refractivity contribution in [1.29, 1.82) is 0 Å². The number of pyridine rings is 1. The third-order valence-corrected chi connectivity index (χ3v) is 3.62. The number of carbonyl (C=O) groups is 1. The Morgan fingerprint density at radius 3 is 3.00 bits per heavy atom. The van der Waals surface area contributed by atoms with E-state index in [2.05, 4.69) is 31.1 Å². The van der Waals surface area contributed by atoms with Gasteiger partial charge in [0.25, 0.3) is 0 Å². The topological polar surface area (TPSA) is 54.5 Å². The van der Waals surface area contributed by atoms with Gasteiger partial charge < -0.3 is 10.1 Å². The minimum Gasteiger partial charge on any atom is -0.444 e. The summed E-state index contributed by atoms with van der Waals surface area (Å²) in [6.07, 6.45) is 2.42. The molecule has 2 heterocycles. The van der Waals surface area contributed by atoms with Gasteiger partial charge in [-0.1, -0.05) is 0 Å². The highest BCUT2D eigenvalue weighted by Gasteiger charge is 2.26. The summed E-state index contributed by atoms with van der Waals surface area (Å²) < 4.78 is 6.14. The standard InChI is InChI=1S/C15H22BrN3O2/c1-15(2,3)21-14(20)18-12-5-7-19(10-12)9-11-4-6-17-13(16)8-11/h4,6,8,12H,5,7,9-10H2,1-3H3,(H,18,20)/t12-/m1/s1. The molecule has 116 valence electrons. The Hall–Kier alpha value is -1.14. The number of nitrogens with one attached hydrogen (secondary N) is 1.